The van der Waals surface area contributed by atoms with Gasteiger partial charge in [0.05, 0.1) is 6.61 Å². The molecule has 6 nitrogen and oxygen atoms in total. The maximum atomic E-state index is 12.6. The summed E-state index contributed by atoms with van der Waals surface area (Å²) >= 11 is 5.93. The number of benzene rings is 1. The van der Waals surface area contributed by atoms with Crippen LogP contribution in [0.3, 0.4) is 0 Å². The molecule has 1 aromatic carbocycles. The van der Waals surface area contributed by atoms with Crippen molar-refractivity contribution in [2.75, 3.05) is 11.3 Å². The van der Waals surface area contributed by atoms with E-state index in [0.29, 0.717) is 23.2 Å². The van der Waals surface area contributed by atoms with Crippen LogP contribution in [0.15, 0.2) is 33.9 Å². The summed E-state index contributed by atoms with van der Waals surface area (Å²) in [4.78, 5) is 0.00116. The lowest BCUT2D eigenvalue weighted by Crippen LogP contribution is -2.15. The number of halogens is 1. The molecule has 118 valence electrons. The zero-order valence-electron chi connectivity index (χ0n) is 11.9. The Hall–Kier alpha value is -1.73. The quantitative estimate of drug-likeness (QED) is 0.871. The second kappa shape index (κ2) is 5.81. The summed E-state index contributed by atoms with van der Waals surface area (Å²) < 4.78 is 37.9. The molecule has 0 amide bonds. The van der Waals surface area contributed by atoms with E-state index in [1.54, 1.807) is 19.1 Å². The number of ether oxygens (including phenoxy) is 1. The van der Waals surface area contributed by atoms with Crippen molar-refractivity contribution in [3.63, 3.8) is 0 Å². The van der Waals surface area contributed by atoms with Crippen molar-refractivity contribution >= 4 is 27.3 Å². The molecule has 2 aromatic rings. The predicted molar refractivity (Wildman–Crippen MR) is 81.7 cm³/mol. The third-order valence-electron chi connectivity index (χ3n) is 3.36. The van der Waals surface area contributed by atoms with Crippen LogP contribution in [0.4, 0.5) is 5.69 Å². The Morgan fingerprint density at radius 2 is 2.23 bits per heavy atom. The minimum atomic E-state index is -3.85. The average molecular weight is 343 g/mol. The van der Waals surface area contributed by atoms with E-state index < -0.39 is 10.0 Å². The number of aromatic nitrogens is 1. The lowest BCUT2D eigenvalue weighted by molar-refractivity contribution is 0.292. The van der Waals surface area contributed by atoms with E-state index in [-0.39, 0.29) is 16.3 Å². The molecule has 0 atom stereocenters. The van der Waals surface area contributed by atoms with Gasteiger partial charge in [-0.05, 0) is 43.9 Å². The van der Waals surface area contributed by atoms with Gasteiger partial charge in [0.25, 0.3) is 10.0 Å². The number of nitrogens with one attached hydrogen (secondary N) is 1. The summed E-state index contributed by atoms with van der Waals surface area (Å²) in [5.74, 6) is 0.803. The first-order valence-corrected chi connectivity index (χ1v) is 8.68. The van der Waals surface area contributed by atoms with E-state index in [4.69, 9.17) is 20.9 Å². The Morgan fingerprint density at radius 1 is 1.45 bits per heavy atom. The Bertz CT molecular complexity index is 784. The highest BCUT2D eigenvalue weighted by Crippen LogP contribution is 2.33. The van der Waals surface area contributed by atoms with Crippen molar-refractivity contribution in [2.45, 2.75) is 24.7 Å². The van der Waals surface area contributed by atoms with E-state index in [2.05, 4.69) is 9.88 Å². The van der Waals surface area contributed by atoms with Gasteiger partial charge in [0, 0.05) is 5.02 Å². The third-order valence-corrected chi connectivity index (χ3v) is 4.98. The predicted octanol–water partition coefficient (Wildman–Crippen LogP) is 3.23. The minimum Gasteiger partial charge on any atom is -0.492 e. The van der Waals surface area contributed by atoms with Crippen LogP contribution in [0.2, 0.25) is 5.02 Å². The van der Waals surface area contributed by atoms with Gasteiger partial charge in [0.2, 0.25) is 0 Å². The summed E-state index contributed by atoms with van der Waals surface area (Å²) in [6.45, 7) is 2.15. The van der Waals surface area contributed by atoms with Crippen LogP contribution in [-0.4, -0.2) is 20.2 Å². The summed E-state index contributed by atoms with van der Waals surface area (Å²) in [7, 11) is -3.85. The van der Waals surface area contributed by atoms with Crippen molar-refractivity contribution in [1.29, 1.82) is 0 Å². The van der Waals surface area contributed by atoms with Crippen LogP contribution in [0.5, 0.6) is 5.75 Å². The van der Waals surface area contributed by atoms with E-state index in [9.17, 15) is 8.42 Å². The molecule has 1 heterocycles. The lowest BCUT2D eigenvalue weighted by Gasteiger charge is -2.13. The van der Waals surface area contributed by atoms with Crippen molar-refractivity contribution < 1.29 is 17.7 Å². The molecule has 1 aliphatic rings. The maximum Gasteiger partial charge on any atom is 0.265 e. The van der Waals surface area contributed by atoms with E-state index >= 15 is 0 Å². The van der Waals surface area contributed by atoms with Gasteiger partial charge >= 0.3 is 0 Å². The lowest BCUT2D eigenvalue weighted by atomic mass is 10.3. The number of aryl methyl sites for hydroxylation is 1. The van der Waals surface area contributed by atoms with Gasteiger partial charge in [-0.1, -0.05) is 16.8 Å². The number of nitrogens with zero attached hydrogens (tertiary/aromatic N) is 1. The zero-order chi connectivity index (χ0) is 15.7. The first kappa shape index (κ1) is 15.2. The fourth-order valence-electron chi connectivity index (χ4n) is 1.89. The Labute approximate surface area is 133 Å². The Kier molecular flexibility index (Phi) is 4.01. The van der Waals surface area contributed by atoms with Gasteiger partial charge in [-0.25, -0.2) is 8.42 Å². The number of hydrogen-bond acceptors (Lipinski definition) is 5. The molecule has 1 saturated carbocycles. The van der Waals surface area contributed by atoms with Crippen molar-refractivity contribution in [2.24, 2.45) is 5.92 Å². The average Bonchev–Trinajstić information content (AvgIpc) is 3.21. The van der Waals surface area contributed by atoms with Crippen LogP contribution in [0.25, 0.3) is 0 Å². The smallest absolute Gasteiger partial charge is 0.265 e. The maximum absolute atomic E-state index is 12.6. The molecule has 8 heteroatoms. The molecule has 1 N–H and O–H groups in total. The van der Waals surface area contributed by atoms with Gasteiger partial charge in [-0.3, -0.25) is 4.72 Å². The van der Waals surface area contributed by atoms with Crippen LogP contribution in [0, 0.1) is 12.8 Å². The van der Waals surface area contributed by atoms with Crippen LogP contribution in [-0.2, 0) is 10.0 Å². The Balaban J connectivity index is 1.90. The van der Waals surface area contributed by atoms with E-state index in [1.807, 2.05) is 0 Å². The van der Waals surface area contributed by atoms with Crippen LogP contribution in [0.1, 0.15) is 18.5 Å². The standard InChI is InChI=1S/C14H15ClN2O4S/c1-9-12(8-21-16-9)17-22(18,19)14-6-11(15)4-5-13(14)20-7-10-2-3-10/h4-6,8,10,17H,2-3,7H2,1H3. The van der Waals surface area contributed by atoms with Gasteiger partial charge < -0.3 is 9.26 Å². The fraction of sp³-hybridized carbons (Fsp3) is 0.357. The molecular formula is C14H15ClN2O4S. The highest BCUT2D eigenvalue weighted by molar-refractivity contribution is 7.92. The SMILES string of the molecule is Cc1nocc1NS(=O)(=O)c1cc(Cl)ccc1OCC1CC1. The van der Waals surface area contributed by atoms with Crippen molar-refractivity contribution in [1.82, 2.24) is 5.16 Å². The third kappa shape index (κ3) is 3.36. The van der Waals surface area contributed by atoms with Gasteiger partial charge in [0.15, 0.2) is 0 Å². The molecule has 1 aromatic heterocycles. The van der Waals surface area contributed by atoms with Gasteiger partial charge in [-0.15, -0.1) is 0 Å². The molecule has 22 heavy (non-hydrogen) atoms. The molecule has 0 aliphatic heterocycles. The number of hydrogen-bond donors (Lipinski definition) is 1. The highest BCUT2D eigenvalue weighted by Gasteiger charge is 2.25. The highest BCUT2D eigenvalue weighted by atomic mass is 35.5. The molecule has 0 saturated heterocycles. The van der Waals surface area contributed by atoms with E-state index in [1.165, 1.54) is 12.3 Å². The molecule has 0 unspecified atom stereocenters. The van der Waals surface area contributed by atoms with Gasteiger partial charge in [0.1, 0.15) is 28.3 Å². The summed E-state index contributed by atoms with van der Waals surface area (Å²) in [6.07, 6.45) is 3.48. The summed E-state index contributed by atoms with van der Waals surface area (Å²) in [5, 5.41) is 3.96. The molecule has 3 rings (SSSR count). The van der Waals surface area contributed by atoms with Gasteiger partial charge in [-0.2, -0.15) is 0 Å². The summed E-state index contributed by atoms with van der Waals surface area (Å²) in [6, 6.07) is 4.54. The topological polar surface area (TPSA) is 81.4 Å². The van der Waals surface area contributed by atoms with Crippen LogP contribution >= 0.6 is 11.6 Å². The van der Waals surface area contributed by atoms with Crippen molar-refractivity contribution in [3.8, 4) is 5.75 Å². The Morgan fingerprint density at radius 3 is 2.86 bits per heavy atom. The number of sulfonamides is 1. The van der Waals surface area contributed by atoms with E-state index in [0.717, 1.165) is 12.8 Å². The molecule has 0 spiro atoms. The number of anilines is 1. The molecule has 1 fully saturated rings. The molecule has 1 aliphatic carbocycles. The molecular weight excluding hydrogens is 328 g/mol. The van der Waals surface area contributed by atoms with Crippen molar-refractivity contribution in [3.05, 3.63) is 35.2 Å². The normalized spacial score (nSPS) is 14.8. The largest absolute Gasteiger partial charge is 0.492 e. The summed E-state index contributed by atoms with van der Waals surface area (Å²) in [5.41, 5.74) is 0.735. The molecule has 0 bridgehead atoms. The first-order chi connectivity index (χ1) is 10.5. The number of rotatable bonds is 6. The monoisotopic (exact) mass is 342 g/mol. The second-order valence-electron chi connectivity index (χ2n) is 5.26. The fourth-order valence-corrected chi connectivity index (χ4v) is 3.40. The molecule has 0 radical (unpaired) electrons. The van der Waals surface area contributed by atoms with Crippen LogP contribution < -0.4 is 9.46 Å². The first-order valence-electron chi connectivity index (χ1n) is 6.82. The zero-order valence-corrected chi connectivity index (χ0v) is 13.4. The second-order valence-corrected chi connectivity index (χ2v) is 7.35. The minimum absolute atomic E-state index is 0.00116.